The summed E-state index contributed by atoms with van der Waals surface area (Å²) >= 11 is 1.37. The number of hydrogen-bond donors (Lipinski definition) is 0. The molecule has 0 unspecified atom stereocenters. The lowest BCUT2D eigenvalue weighted by molar-refractivity contribution is -0.0501. The van der Waals surface area contributed by atoms with Gasteiger partial charge in [0.05, 0.1) is 12.0 Å². The Morgan fingerprint density at radius 1 is 1.42 bits per heavy atom. The number of ketones is 1. The van der Waals surface area contributed by atoms with Gasteiger partial charge in [0.2, 0.25) is 0 Å². The van der Waals surface area contributed by atoms with E-state index in [9.17, 15) is 13.6 Å². The highest BCUT2D eigenvalue weighted by Gasteiger charge is 2.16. The van der Waals surface area contributed by atoms with Crippen LogP contribution in [0.4, 0.5) is 8.78 Å². The van der Waals surface area contributed by atoms with E-state index in [-0.39, 0.29) is 23.5 Å². The summed E-state index contributed by atoms with van der Waals surface area (Å²) in [4.78, 5) is 16.2. The van der Waals surface area contributed by atoms with E-state index in [0.717, 1.165) is 5.69 Å². The fraction of sp³-hybridized carbons (Fsp3) is 0.231. The van der Waals surface area contributed by atoms with Crippen LogP contribution >= 0.6 is 11.3 Å². The predicted octanol–water partition coefficient (Wildman–Crippen LogP) is 3.48. The van der Waals surface area contributed by atoms with Crippen LogP contribution in [0.5, 0.6) is 5.75 Å². The third-order valence-electron chi connectivity index (χ3n) is 2.38. The smallest absolute Gasteiger partial charge is 0.387 e. The summed E-state index contributed by atoms with van der Waals surface area (Å²) < 4.78 is 28.8. The number of halogens is 2. The van der Waals surface area contributed by atoms with Gasteiger partial charge in [0.15, 0.2) is 5.78 Å². The zero-order valence-corrected chi connectivity index (χ0v) is 10.9. The summed E-state index contributed by atoms with van der Waals surface area (Å²) in [6, 6.07) is 5.98. The Labute approximate surface area is 112 Å². The molecule has 1 aromatic heterocycles. The van der Waals surface area contributed by atoms with Crippen molar-refractivity contribution in [3.05, 3.63) is 45.9 Å². The first-order chi connectivity index (χ1) is 9.06. The zero-order valence-electron chi connectivity index (χ0n) is 10.1. The molecule has 0 radical (unpaired) electrons. The molecule has 1 heterocycles. The molecule has 100 valence electrons. The molecule has 0 aliphatic heterocycles. The van der Waals surface area contributed by atoms with E-state index in [1.807, 2.05) is 12.3 Å². The first-order valence-electron chi connectivity index (χ1n) is 5.54. The summed E-state index contributed by atoms with van der Waals surface area (Å²) in [5.41, 5.74) is 0.987. The van der Waals surface area contributed by atoms with Gasteiger partial charge in [-0.2, -0.15) is 8.78 Å². The highest BCUT2D eigenvalue weighted by atomic mass is 32.1. The lowest BCUT2D eigenvalue weighted by atomic mass is 10.1. The standard InChI is InChI=1S/C13H11F2NO2S/c1-8-7-19-12(16-8)6-10(17)9-4-2-3-5-11(9)18-13(14)15/h2-5,7,13H,6H2,1H3. The Hall–Kier alpha value is -1.82. The molecule has 19 heavy (non-hydrogen) atoms. The monoisotopic (exact) mass is 283 g/mol. The lowest BCUT2D eigenvalue weighted by Crippen LogP contribution is -2.09. The van der Waals surface area contributed by atoms with Gasteiger partial charge in [-0.15, -0.1) is 11.3 Å². The predicted molar refractivity (Wildman–Crippen MR) is 68.0 cm³/mol. The van der Waals surface area contributed by atoms with Crippen molar-refractivity contribution < 1.29 is 18.3 Å². The molecular formula is C13H11F2NO2S. The molecule has 2 rings (SSSR count). The Morgan fingerprint density at radius 2 is 2.16 bits per heavy atom. The summed E-state index contributed by atoms with van der Waals surface area (Å²) in [6.07, 6.45) is 0.0854. The number of aryl methyl sites for hydroxylation is 1. The van der Waals surface area contributed by atoms with Crippen LogP contribution in [0.1, 0.15) is 21.1 Å². The minimum Gasteiger partial charge on any atom is -0.434 e. The minimum absolute atomic E-state index is 0.0854. The van der Waals surface area contributed by atoms with E-state index in [0.29, 0.717) is 5.01 Å². The number of nitrogens with zero attached hydrogens (tertiary/aromatic N) is 1. The van der Waals surface area contributed by atoms with Gasteiger partial charge in [-0.1, -0.05) is 12.1 Å². The molecule has 0 aliphatic carbocycles. The molecule has 0 N–H and O–H groups in total. The van der Waals surface area contributed by atoms with Gasteiger partial charge < -0.3 is 4.74 Å². The summed E-state index contributed by atoms with van der Waals surface area (Å²) in [6.45, 7) is -1.12. The molecule has 3 nitrogen and oxygen atoms in total. The van der Waals surface area contributed by atoms with Crippen LogP contribution in [0, 0.1) is 6.92 Å². The molecule has 2 aromatic rings. The molecule has 0 saturated carbocycles. The zero-order chi connectivity index (χ0) is 13.8. The van der Waals surface area contributed by atoms with E-state index in [1.165, 1.54) is 23.5 Å². The number of hydrogen-bond acceptors (Lipinski definition) is 4. The summed E-state index contributed by atoms with van der Waals surface area (Å²) in [5.74, 6) is -0.388. The first kappa shape index (κ1) is 13.6. The van der Waals surface area contributed by atoms with Gasteiger partial charge in [0, 0.05) is 11.1 Å². The van der Waals surface area contributed by atoms with Crippen molar-refractivity contribution in [2.24, 2.45) is 0 Å². The van der Waals surface area contributed by atoms with Crippen LogP contribution in [-0.2, 0) is 6.42 Å². The summed E-state index contributed by atoms with van der Waals surface area (Å²) in [7, 11) is 0. The van der Waals surface area contributed by atoms with Crippen LogP contribution in [0.3, 0.4) is 0 Å². The van der Waals surface area contributed by atoms with E-state index in [2.05, 4.69) is 9.72 Å². The normalized spacial score (nSPS) is 10.7. The fourth-order valence-electron chi connectivity index (χ4n) is 1.61. The maximum absolute atomic E-state index is 12.3. The van der Waals surface area contributed by atoms with Gasteiger partial charge in [0.25, 0.3) is 0 Å². The Balaban J connectivity index is 2.18. The van der Waals surface area contributed by atoms with Crippen molar-refractivity contribution in [3.63, 3.8) is 0 Å². The topological polar surface area (TPSA) is 39.2 Å². The number of benzene rings is 1. The molecule has 0 amide bonds. The van der Waals surface area contributed by atoms with Crippen LogP contribution in [-0.4, -0.2) is 17.4 Å². The molecular weight excluding hydrogens is 272 g/mol. The second-order valence-corrected chi connectivity index (χ2v) is 4.80. The third kappa shape index (κ3) is 3.57. The van der Waals surface area contributed by atoms with Crippen molar-refractivity contribution in [1.82, 2.24) is 4.98 Å². The molecule has 0 spiro atoms. The molecule has 0 bridgehead atoms. The van der Waals surface area contributed by atoms with Gasteiger partial charge >= 0.3 is 6.61 Å². The first-order valence-corrected chi connectivity index (χ1v) is 6.42. The largest absolute Gasteiger partial charge is 0.434 e. The Kier molecular flexibility index (Phi) is 4.21. The van der Waals surface area contributed by atoms with Crippen molar-refractivity contribution in [2.75, 3.05) is 0 Å². The van der Waals surface area contributed by atoms with Gasteiger partial charge in [-0.3, -0.25) is 4.79 Å². The highest BCUT2D eigenvalue weighted by molar-refractivity contribution is 7.09. The molecule has 0 aliphatic rings. The minimum atomic E-state index is -2.95. The van der Waals surface area contributed by atoms with E-state index >= 15 is 0 Å². The second kappa shape index (κ2) is 5.88. The maximum atomic E-state index is 12.3. The van der Waals surface area contributed by atoms with Crippen molar-refractivity contribution in [2.45, 2.75) is 20.0 Å². The number of aromatic nitrogens is 1. The number of thiazole rings is 1. The fourth-order valence-corrected chi connectivity index (χ4v) is 2.38. The van der Waals surface area contributed by atoms with Gasteiger partial charge in [0.1, 0.15) is 10.8 Å². The summed E-state index contributed by atoms with van der Waals surface area (Å²) in [5, 5.41) is 2.50. The number of rotatable bonds is 5. The lowest BCUT2D eigenvalue weighted by Gasteiger charge is -2.08. The third-order valence-corrected chi connectivity index (χ3v) is 3.35. The van der Waals surface area contributed by atoms with Crippen LogP contribution in [0.25, 0.3) is 0 Å². The van der Waals surface area contributed by atoms with E-state index in [1.54, 1.807) is 12.1 Å². The average Bonchev–Trinajstić information content (AvgIpc) is 2.74. The molecule has 6 heteroatoms. The number of para-hydroxylation sites is 1. The molecule has 1 aromatic carbocycles. The number of carbonyl (C=O) groups excluding carboxylic acids is 1. The molecule has 0 atom stereocenters. The molecule has 0 fully saturated rings. The number of alkyl halides is 2. The van der Waals surface area contributed by atoms with Crippen molar-refractivity contribution in [3.8, 4) is 5.75 Å². The van der Waals surface area contributed by atoms with Crippen molar-refractivity contribution >= 4 is 17.1 Å². The number of carbonyl (C=O) groups is 1. The quantitative estimate of drug-likeness (QED) is 0.789. The number of ether oxygens (including phenoxy) is 1. The maximum Gasteiger partial charge on any atom is 0.387 e. The Morgan fingerprint density at radius 3 is 2.79 bits per heavy atom. The molecule has 0 saturated heterocycles. The second-order valence-electron chi connectivity index (χ2n) is 3.86. The van der Waals surface area contributed by atoms with Crippen LogP contribution < -0.4 is 4.74 Å². The van der Waals surface area contributed by atoms with Crippen molar-refractivity contribution in [1.29, 1.82) is 0 Å². The van der Waals surface area contributed by atoms with Gasteiger partial charge in [-0.05, 0) is 19.1 Å². The Bertz CT molecular complexity index is 584. The van der Waals surface area contributed by atoms with Gasteiger partial charge in [-0.25, -0.2) is 4.98 Å². The highest BCUT2D eigenvalue weighted by Crippen LogP contribution is 2.22. The van der Waals surface area contributed by atoms with E-state index < -0.39 is 6.61 Å². The number of Topliss-reactive ketones (excluding diaryl/α,β-unsaturated/α-hetero) is 1. The van der Waals surface area contributed by atoms with Crippen LogP contribution in [0.2, 0.25) is 0 Å². The average molecular weight is 283 g/mol. The van der Waals surface area contributed by atoms with E-state index in [4.69, 9.17) is 0 Å². The van der Waals surface area contributed by atoms with Crippen LogP contribution in [0.15, 0.2) is 29.6 Å². The SMILES string of the molecule is Cc1csc(CC(=O)c2ccccc2OC(F)F)n1.